The summed E-state index contributed by atoms with van der Waals surface area (Å²) in [5, 5.41) is 10.3. The number of aromatic nitrogens is 1. The molecule has 2 heterocycles. The molecule has 6 heteroatoms. The number of fused-ring (bicyclic) bond motifs is 1. The van der Waals surface area contributed by atoms with E-state index in [1.54, 1.807) is 18.3 Å². The standard InChI is InChI=1S/C21H19BrN2O3/c22-15-3-6-19-17(11-15)18(12-23-19)21(27)24-9-7-14(8-10-24)20(26)13-1-4-16(25)5-2-13/h1-6,11-12,14,23,25H,7-10H2. The monoisotopic (exact) mass is 426 g/mol. The maximum Gasteiger partial charge on any atom is 0.256 e. The van der Waals surface area contributed by atoms with Gasteiger partial charge in [-0.05, 0) is 55.3 Å². The van der Waals surface area contributed by atoms with Crippen LogP contribution in [0.15, 0.2) is 53.1 Å². The van der Waals surface area contributed by atoms with E-state index < -0.39 is 0 Å². The van der Waals surface area contributed by atoms with Crippen LogP contribution in [0.25, 0.3) is 10.9 Å². The van der Waals surface area contributed by atoms with Gasteiger partial charge in [0.05, 0.1) is 5.56 Å². The zero-order valence-corrected chi connectivity index (χ0v) is 16.2. The van der Waals surface area contributed by atoms with E-state index in [0.717, 1.165) is 15.4 Å². The SMILES string of the molecule is O=C(c1ccc(O)cc1)C1CCN(C(=O)c2c[nH]c3ccc(Br)cc23)CC1. The molecule has 1 aliphatic heterocycles. The molecule has 0 aliphatic carbocycles. The lowest BCUT2D eigenvalue weighted by molar-refractivity contribution is 0.0652. The van der Waals surface area contributed by atoms with Gasteiger partial charge in [0.2, 0.25) is 0 Å². The Morgan fingerprint density at radius 3 is 2.48 bits per heavy atom. The minimum absolute atomic E-state index is 0.00474. The Kier molecular flexibility index (Phi) is 4.74. The van der Waals surface area contributed by atoms with Crippen molar-refractivity contribution in [2.75, 3.05) is 13.1 Å². The summed E-state index contributed by atoms with van der Waals surface area (Å²) < 4.78 is 0.932. The molecule has 1 fully saturated rings. The second kappa shape index (κ2) is 7.19. The van der Waals surface area contributed by atoms with Crippen LogP contribution < -0.4 is 0 Å². The van der Waals surface area contributed by atoms with Crippen LogP contribution in [0.1, 0.15) is 33.6 Å². The molecule has 138 valence electrons. The predicted molar refractivity (Wildman–Crippen MR) is 107 cm³/mol. The van der Waals surface area contributed by atoms with E-state index in [2.05, 4.69) is 20.9 Å². The molecule has 0 unspecified atom stereocenters. The first-order chi connectivity index (χ1) is 13.0. The second-order valence-corrected chi connectivity index (χ2v) is 7.79. The first kappa shape index (κ1) is 17.8. The third-order valence-corrected chi connectivity index (χ3v) is 5.67. The van der Waals surface area contributed by atoms with Crippen molar-refractivity contribution < 1.29 is 14.7 Å². The number of phenolic OH excluding ortho intramolecular Hbond substituents is 1. The molecule has 0 spiro atoms. The van der Waals surface area contributed by atoms with E-state index in [9.17, 15) is 14.7 Å². The number of phenols is 1. The summed E-state index contributed by atoms with van der Waals surface area (Å²) in [5.41, 5.74) is 2.20. The van der Waals surface area contributed by atoms with Crippen molar-refractivity contribution in [3.63, 3.8) is 0 Å². The predicted octanol–water partition coefficient (Wildman–Crippen LogP) is 4.37. The first-order valence-electron chi connectivity index (χ1n) is 8.92. The Balaban J connectivity index is 1.45. The number of Topliss-reactive ketones (excluding diaryl/α,β-unsaturated/α-hetero) is 1. The van der Waals surface area contributed by atoms with Gasteiger partial charge >= 0.3 is 0 Å². The van der Waals surface area contributed by atoms with Crippen LogP contribution in [0.2, 0.25) is 0 Å². The number of aromatic hydroxyl groups is 1. The lowest BCUT2D eigenvalue weighted by Gasteiger charge is -2.31. The molecule has 5 nitrogen and oxygen atoms in total. The first-order valence-corrected chi connectivity index (χ1v) is 9.71. The number of H-pyrrole nitrogens is 1. The molecule has 4 rings (SSSR count). The largest absolute Gasteiger partial charge is 0.508 e. The van der Waals surface area contributed by atoms with E-state index in [-0.39, 0.29) is 23.4 Å². The third kappa shape index (κ3) is 3.49. The van der Waals surface area contributed by atoms with Gasteiger partial charge in [-0.1, -0.05) is 15.9 Å². The highest BCUT2D eigenvalue weighted by Gasteiger charge is 2.29. The number of carbonyl (C=O) groups excluding carboxylic acids is 2. The summed E-state index contributed by atoms with van der Waals surface area (Å²) in [7, 11) is 0. The normalized spacial score (nSPS) is 15.2. The average Bonchev–Trinajstić information content (AvgIpc) is 3.10. The number of hydrogen-bond donors (Lipinski definition) is 2. The van der Waals surface area contributed by atoms with Gasteiger partial charge in [-0.25, -0.2) is 0 Å². The van der Waals surface area contributed by atoms with Crippen molar-refractivity contribution in [2.24, 2.45) is 5.92 Å². The topological polar surface area (TPSA) is 73.4 Å². The number of rotatable bonds is 3. The van der Waals surface area contributed by atoms with E-state index in [1.165, 1.54) is 12.1 Å². The van der Waals surface area contributed by atoms with Gasteiger partial charge in [-0.15, -0.1) is 0 Å². The quantitative estimate of drug-likeness (QED) is 0.610. The van der Waals surface area contributed by atoms with Crippen LogP contribution >= 0.6 is 15.9 Å². The Bertz CT molecular complexity index is 1000. The lowest BCUT2D eigenvalue weighted by Crippen LogP contribution is -2.40. The van der Waals surface area contributed by atoms with Gasteiger partial charge in [-0.2, -0.15) is 0 Å². The van der Waals surface area contributed by atoms with Crippen LogP contribution in [0.3, 0.4) is 0 Å². The number of likely N-dealkylation sites (tertiary alicyclic amines) is 1. The van der Waals surface area contributed by atoms with E-state index in [1.807, 2.05) is 23.1 Å². The van der Waals surface area contributed by atoms with Crippen LogP contribution in [-0.2, 0) is 0 Å². The lowest BCUT2D eigenvalue weighted by atomic mass is 9.88. The second-order valence-electron chi connectivity index (χ2n) is 6.87. The number of carbonyl (C=O) groups is 2. The number of benzene rings is 2. The van der Waals surface area contributed by atoms with Crippen LogP contribution in [-0.4, -0.2) is 39.8 Å². The number of hydrogen-bond acceptors (Lipinski definition) is 3. The van der Waals surface area contributed by atoms with Crippen LogP contribution in [0.4, 0.5) is 0 Å². The van der Waals surface area contributed by atoms with Crippen molar-refractivity contribution in [1.82, 2.24) is 9.88 Å². The fourth-order valence-electron chi connectivity index (χ4n) is 3.65. The Hall–Kier alpha value is -2.60. The Morgan fingerprint density at radius 1 is 1.07 bits per heavy atom. The Morgan fingerprint density at radius 2 is 1.78 bits per heavy atom. The molecular weight excluding hydrogens is 408 g/mol. The molecule has 1 aliphatic rings. The highest BCUT2D eigenvalue weighted by molar-refractivity contribution is 9.10. The molecule has 0 saturated carbocycles. The van der Waals surface area contributed by atoms with Crippen molar-refractivity contribution in [2.45, 2.75) is 12.8 Å². The number of amides is 1. The summed E-state index contributed by atoms with van der Waals surface area (Å²) in [6.45, 7) is 1.13. The number of nitrogens with one attached hydrogen (secondary N) is 1. The molecule has 1 amide bonds. The Labute approximate surface area is 165 Å². The number of ketones is 1. The van der Waals surface area contributed by atoms with Gasteiger partial charge in [0.25, 0.3) is 5.91 Å². The summed E-state index contributed by atoms with van der Waals surface area (Å²) in [6.07, 6.45) is 3.06. The highest BCUT2D eigenvalue weighted by Crippen LogP contribution is 2.27. The number of nitrogens with zero attached hydrogens (tertiary/aromatic N) is 1. The fourth-order valence-corrected chi connectivity index (χ4v) is 4.01. The molecule has 1 aromatic heterocycles. The maximum absolute atomic E-state index is 12.9. The minimum atomic E-state index is -0.0873. The summed E-state index contributed by atoms with van der Waals surface area (Å²) in [4.78, 5) is 30.6. The van der Waals surface area contributed by atoms with E-state index in [0.29, 0.717) is 37.1 Å². The number of aromatic amines is 1. The average molecular weight is 427 g/mol. The summed E-state index contributed by atoms with van der Waals surface area (Å²) in [6, 6.07) is 12.2. The molecule has 0 bridgehead atoms. The maximum atomic E-state index is 12.9. The zero-order chi connectivity index (χ0) is 19.0. The molecular formula is C21H19BrN2O3. The molecule has 1 saturated heterocycles. The fraction of sp³-hybridized carbons (Fsp3) is 0.238. The highest BCUT2D eigenvalue weighted by atomic mass is 79.9. The minimum Gasteiger partial charge on any atom is -0.508 e. The molecule has 2 N–H and O–H groups in total. The van der Waals surface area contributed by atoms with Gasteiger partial charge in [0.15, 0.2) is 5.78 Å². The smallest absolute Gasteiger partial charge is 0.256 e. The van der Waals surface area contributed by atoms with Crippen molar-refractivity contribution in [3.05, 3.63) is 64.3 Å². The molecule has 0 radical (unpaired) electrons. The molecule has 0 atom stereocenters. The van der Waals surface area contributed by atoms with Crippen molar-refractivity contribution in [1.29, 1.82) is 0 Å². The molecule has 27 heavy (non-hydrogen) atoms. The van der Waals surface area contributed by atoms with Gasteiger partial charge in [0, 0.05) is 46.1 Å². The summed E-state index contributed by atoms with van der Waals surface area (Å²) in [5.74, 6) is 0.140. The van der Waals surface area contributed by atoms with Crippen LogP contribution in [0.5, 0.6) is 5.75 Å². The number of halogens is 1. The van der Waals surface area contributed by atoms with Crippen LogP contribution in [0, 0.1) is 5.92 Å². The summed E-state index contributed by atoms with van der Waals surface area (Å²) >= 11 is 3.45. The van der Waals surface area contributed by atoms with Crippen molar-refractivity contribution >= 4 is 38.5 Å². The van der Waals surface area contributed by atoms with Gasteiger partial charge < -0.3 is 15.0 Å². The third-order valence-electron chi connectivity index (χ3n) is 5.18. The zero-order valence-electron chi connectivity index (χ0n) is 14.6. The molecule has 2 aromatic carbocycles. The van der Waals surface area contributed by atoms with E-state index in [4.69, 9.17) is 0 Å². The van der Waals surface area contributed by atoms with E-state index >= 15 is 0 Å². The van der Waals surface area contributed by atoms with Gasteiger partial charge in [0.1, 0.15) is 5.75 Å². The molecule has 3 aromatic rings. The van der Waals surface area contributed by atoms with Gasteiger partial charge in [-0.3, -0.25) is 9.59 Å². The number of piperidine rings is 1. The van der Waals surface area contributed by atoms with Crippen molar-refractivity contribution in [3.8, 4) is 5.75 Å².